The molecule has 0 saturated carbocycles. The number of hydrogen-bond donors (Lipinski definition) is 2. The Morgan fingerprint density at radius 2 is 2.14 bits per heavy atom. The van der Waals surface area contributed by atoms with E-state index in [1.165, 1.54) is 0 Å². The molecular formula is C21H22N2O5. The van der Waals surface area contributed by atoms with Gasteiger partial charge in [0.25, 0.3) is 11.8 Å². The Morgan fingerprint density at radius 3 is 2.96 bits per heavy atom. The second-order valence-corrected chi connectivity index (χ2v) is 6.86. The number of rotatable bonds is 5. The molecule has 146 valence electrons. The number of benzene rings is 2. The van der Waals surface area contributed by atoms with Gasteiger partial charge in [-0.3, -0.25) is 9.59 Å². The number of amides is 2. The zero-order valence-corrected chi connectivity index (χ0v) is 15.8. The molecule has 2 aromatic carbocycles. The standard InChI is InChI=1S/C21H22N2O5/c1-3-26-18-8-14-6-12(2)28-19(14)9-15(18)10-22-21(25)13-4-5-17-16(7-13)23-20(24)11-27-17/h4-5,7-9,12H,3,6,10-11H2,1-2H3,(H,22,25)(H,23,24)/t12-/m0/s1. The van der Waals surface area contributed by atoms with Crippen LogP contribution in [0.4, 0.5) is 5.69 Å². The molecule has 2 aliphatic heterocycles. The van der Waals surface area contributed by atoms with Crippen molar-refractivity contribution in [2.24, 2.45) is 0 Å². The quantitative estimate of drug-likeness (QED) is 0.830. The van der Waals surface area contributed by atoms with Crippen LogP contribution in [0, 0.1) is 0 Å². The van der Waals surface area contributed by atoms with Crippen molar-refractivity contribution >= 4 is 17.5 Å². The molecule has 7 heteroatoms. The molecular weight excluding hydrogens is 360 g/mol. The number of hydrogen-bond acceptors (Lipinski definition) is 5. The van der Waals surface area contributed by atoms with E-state index in [2.05, 4.69) is 10.6 Å². The summed E-state index contributed by atoms with van der Waals surface area (Å²) < 4.78 is 16.9. The van der Waals surface area contributed by atoms with Crippen LogP contribution in [0.15, 0.2) is 30.3 Å². The molecule has 4 rings (SSSR count). The highest BCUT2D eigenvalue weighted by atomic mass is 16.5. The summed E-state index contributed by atoms with van der Waals surface area (Å²) in [5.74, 6) is 1.66. The fourth-order valence-corrected chi connectivity index (χ4v) is 3.41. The average Bonchev–Trinajstić information content (AvgIpc) is 3.04. The summed E-state index contributed by atoms with van der Waals surface area (Å²) in [6.45, 7) is 4.79. The molecule has 2 amide bonds. The number of anilines is 1. The molecule has 2 heterocycles. The van der Waals surface area contributed by atoms with Crippen LogP contribution in [-0.2, 0) is 17.8 Å². The molecule has 0 radical (unpaired) electrons. The minimum atomic E-state index is -0.250. The van der Waals surface area contributed by atoms with Crippen LogP contribution in [0.3, 0.4) is 0 Å². The van der Waals surface area contributed by atoms with Crippen molar-refractivity contribution in [2.45, 2.75) is 32.9 Å². The van der Waals surface area contributed by atoms with E-state index < -0.39 is 0 Å². The van der Waals surface area contributed by atoms with Crippen molar-refractivity contribution < 1.29 is 23.8 Å². The van der Waals surface area contributed by atoms with Crippen molar-refractivity contribution in [1.82, 2.24) is 5.32 Å². The minimum Gasteiger partial charge on any atom is -0.494 e. The van der Waals surface area contributed by atoms with Crippen LogP contribution in [0.2, 0.25) is 0 Å². The van der Waals surface area contributed by atoms with Crippen molar-refractivity contribution in [2.75, 3.05) is 18.5 Å². The van der Waals surface area contributed by atoms with Gasteiger partial charge in [-0.15, -0.1) is 0 Å². The van der Waals surface area contributed by atoms with Gasteiger partial charge in [-0.1, -0.05) is 0 Å². The zero-order valence-electron chi connectivity index (χ0n) is 15.8. The fourth-order valence-electron chi connectivity index (χ4n) is 3.41. The zero-order chi connectivity index (χ0) is 19.7. The fraction of sp³-hybridized carbons (Fsp3) is 0.333. The largest absolute Gasteiger partial charge is 0.494 e. The van der Waals surface area contributed by atoms with Crippen molar-refractivity contribution in [3.05, 3.63) is 47.0 Å². The van der Waals surface area contributed by atoms with E-state index in [9.17, 15) is 9.59 Å². The van der Waals surface area contributed by atoms with Gasteiger partial charge >= 0.3 is 0 Å². The second-order valence-electron chi connectivity index (χ2n) is 6.86. The number of nitrogens with one attached hydrogen (secondary N) is 2. The lowest BCUT2D eigenvalue weighted by Crippen LogP contribution is -2.27. The topological polar surface area (TPSA) is 85.9 Å². The molecule has 7 nitrogen and oxygen atoms in total. The first-order valence-electron chi connectivity index (χ1n) is 9.33. The highest BCUT2D eigenvalue weighted by Gasteiger charge is 2.22. The summed E-state index contributed by atoms with van der Waals surface area (Å²) in [5, 5.41) is 5.61. The summed E-state index contributed by atoms with van der Waals surface area (Å²) in [4.78, 5) is 24.1. The number of fused-ring (bicyclic) bond motifs is 2. The third kappa shape index (κ3) is 3.60. The van der Waals surface area contributed by atoms with Gasteiger partial charge in [-0.2, -0.15) is 0 Å². The predicted molar refractivity (Wildman–Crippen MR) is 103 cm³/mol. The Balaban J connectivity index is 1.50. The summed E-state index contributed by atoms with van der Waals surface area (Å²) in [6, 6.07) is 8.89. The Morgan fingerprint density at radius 1 is 1.29 bits per heavy atom. The van der Waals surface area contributed by atoms with Crippen LogP contribution >= 0.6 is 0 Å². The monoisotopic (exact) mass is 382 g/mol. The highest BCUT2D eigenvalue weighted by molar-refractivity contribution is 5.99. The van der Waals surface area contributed by atoms with Gasteiger partial charge in [0.05, 0.1) is 12.3 Å². The Labute approximate surface area is 163 Å². The first-order valence-corrected chi connectivity index (χ1v) is 9.33. The Bertz CT molecular complexity index is 941. The first-order chi connectivity index (χ1) is 13.5. The molecule has 0 unspecified atom stereocenters. The van der Waals surface area contributed by atoms with Gasteiger partial charge in [0, 0.05) is 29.7 Å². The van der Waals surface area contributed by atoms with Crippen LogP contribution < -0.4 is 24.8 Å². The third-order valence-electron chi connectivity index (χ3n) is 4.69. The summed E-state index contributed by atoms with van der Waals surface area (Å²) >= 11 is 0. The van der Waals surface area contributed by atoms with Crippen LogP contribution in [-0.4, -0.2) is 31.1 Å². The molecule has 0 bridgehead atoms. The molecule has 0 aromatic heterocycles. The Hall–Kier alpha value is -3.22. The number of carbonyl (C=O) groups excluding carboxylic acids is 2. The molecule has 0 fully saturated rings. The number of ether oxygens (including phenoxy) is 3. The summed E-state index contributed by atoms with van der Waals surface area (Å²) in [7, 11) is 0. The van der Waals surface area contributed by atoms with Crippen LogP contribution in [0.5, 0.6) is 17.2 Å². The maximum atomic E-state index is 12.6. The van der Waals surface area contributed by atoms with Gasteiger partial charge in [0.2, 0.25) is 0 Å². The van der Waals surface area contributed by atoms with Gasteiger partial charge in [0.1, 0.15) is 23.4 Å². The van der Waals surface area contributed by atoms with Gasteiger partial charge in [-0.05, 0) is 44.2 Å². The lowest BCUT2D eigenvalue weighted by molar-refractivity contribution is -0.118. The van der Waals surface area contributed by atoms with Crippen LogP contribution in [0.1, 0.15) is 35.3 Å². The summed E-state index contributed by atoms with van der Waals surface area (Å²) in [6.07, 6.45) is 0.993. The molecule has 0 spiro atoms. The van der Waals surface area contributed by atoms with Crippen molar-refractivity contribution in [3.8, 4) is 17.2 Å². The van der Waals surface area contributed by atoms with E-state index in [4.69, 9.17) is 14.2 Å². The molecule has 0 saturated heterocycles. The second kappa shape index (κ2) is 7.42. The maximum absolute atomic E-state index is 12.6. The third-order valence-corrected chi connectivity index (χ3v) is 4.69. The van der Waals surface area contributed by atoms with Crippen LogP contribution in [0.25, 0.3) is 0 Å². The smallest absolute Gasteiger partial charge is 0.262 e. The van der Waals surface area contributed by atoms with Crippen molar-refractivity contribution in [3.63, 3.8) is 0 Å². The van der Waals surface area contributed by atoms with E-state index in [1.807, 2.05) is 26.0 Å². The average molecular weight is 382 g/mol. The lowest BCUT2D eigenvalue weighted by atomic mass is 10.1. The van der Waals surface area contributed by atoms with Gasteiger partial charge in [-0.25, -0.2) is 0 Å². The molecule has 2 N–H and O–H groups in total. The molecule has 2 aromatic rings. The maximum Gasteiger partial charge on any atom is 0.262 e. The van der Waals surface area contributed by atoms with Gasteiger partial charge in [0.15, 0.2) is 6.61 Å². The first kappa shape index (κ1) is 18.2. The van der Waals surface area contributed by atoms with Crippen molar-refractivity contribution in [1.29, 1.82) is 0 Å². The van der Waals surface area contributed by atoms with E-state index in [0.717, 1.165) is 29.0 Å². The van der Waals surface area contributed by atoms with Gasteiger partial charge < -0.3 is 24.8 Å². The summed E-state index contributed by atoms with van der Waals surface area (Å²) in [5.41, 5.74) is 2.92. The molecule has 1 atom stereocenters. The van der Waals surface area contributed by atoms with E-state index in [1.54, 1.807) is 18.2 Å². The molecule has 2 aliphatic rings. The predicted octanol–water partition coefficient (Wildman–Crippen LogP) is 2.67. The molecule has 28 heavy (non-hydrogen) atoms. The van der Waals surface area contributed by atoms with E-state index in [-0.39, 0.29) is 24.5 Å². The molecule has 0 aliphatic carbocycles. The normalized spacial score (nSPS) is 16.9. The number of carbonyl (C=O) groups is 2. The van der Waals surface area contributed by atoms with E-state index in [0.29, 0.717) is 30.2 Å². The van der Waals surface area contributed by atoms with E-state index >= 15 is 0 Å². The Kier molecular flexibility index (Phi) is 4.81. The highest BCUT2D eigenvalue weighted by Crippen LogP contribution is 2.35. The lowest BCUT2D eigenvalue weighted by Gasteiger charge is -2.18. The minimum absolute atomic E-state index is 0.0161. The SMILES string of the molecule is CCOc1cc2c(cc1CNC(=O)c1ccc3c(c1)NC(=O)CO3)O[C@@H](C)C2.